The molecule has 3 aliphatic carbocycles. The van der Waals surface area contributed by atoms with E-state index in [4.69, 9.17) is 10.5 Å². The smallest absolute Gasteiger partial charge is 0.407 e. The van der Waals surface area contributed by atoms with Gasteiger partial charge in [0, 0.05) is 44.3 Å². The van der Waals surface area contributed by atoms with E-state index in [9.17, 15) is 29.1 Å². The van der Waals surface area contributed by atoms with Crippen molar-refractivity contribution in [2.24, 2.45) is 23.0 Å². The van der Waals surface area contributed by atoms with Crippen molar-refractivity contribution in [2.75, 3.05) is 26.2 Å². The van der Waals surface area contributed by atoms with Gasteiger partial charge >= 0.3 is 6.09 Å². The third-order valence-corrected chi connectivity index (χ3v) is 12.8. The van der Waals surface area contributed by atoms with E-state index >= 15 is 0 Å². The number of carbonyl (C=O) groups excluding carboxylic acids is 5. The zero-order chi connectivity index (χ0) is 41.5. The van der Waals surface area contributed by atoms with Crippen molar-refractivity contribution in [2.45, 2.75) is 134 Å². The molecule has 318 valence electrons. The van der Waals surface area contributed by atoms with Crippen LogP contribution in [-0.4, -0.2) is 79.2 Å². The number of rotatable bonds is 21. The van der Waals surface area contributed by atoms with Crippen LogP contribution in [0.4, 0.5) is 4.79 Å². The van der Waals surface area contributed by atoms with Crippen LogP contribution in [0, 0.1) is 17.3 Å². The van der Waals surface area contributed by atoms with E-state index in [1.807, 2.05) is 36.4 Å². The van der Waals surface area contributed by atoms with Crippen LogP contribution >= 0.6 is 0 Å². The molecule has 0 aliphatic heterocycles. The van der Waals surface area contributed by atoms with Crippen LogP contribution in [0.5, 0.6) is 5.75 Å². The minimum Gasteiger partial charge on any atom is -0.508 e. The Morgan fingerprint density at radius 3 is 2.38 bits per heavy atom. The topological polar surface area (TPSA) is 201 Å². The van der Waals surface area contributed by atoms with Gasteiger partial charge in [-0.3, -0.25) is 19.2 Å². The summed E-state index contributed by atoms with van der Waals surface area (Å²) in [6, 6.07) is 13.2. The van der Waals surface area contributed by atoms with Crippen molar-refractivity contribution >= 4 is 29.7 Å². The quantitative estimate of drug-likeness (QED) is 0.0866. The first-order valence-corrected chi connectivity index (χ1v) is 21.7. The Bertz CT molecular complexity index is 1690. The number of benzene rings is 2. The van der Waals surface area contributed by atoms with Gasteiger partial charge in [0.15, 0.2) is 0 Å². The third-order valence-electron chi connectivity index (χ3n) is 12.8. The maximum absolute atomic E-state index is 13.7. The molecule has 13 nitrogen and oxygen atoms in total. The second-order valence-electron chi connectivity index (χ2n) is 16.7. The third kappa shape index (κ3) is 12.2. The second-order valence-corrected chi connectivity index (χ2v) is 16.7. The molecule has 2 aromatic carbocycles. The number of fused-ring (bicyclic) bond motifs is 5. The fourth-order valence-corrected chi connectivity index (χ4v) is 9.64. The highest BCUT2D eigenvalue weighted by Crippen LogP contribution is 2.61. The molecule has 2 saturated carbocycles. The molecule has 7 atom stereocenters. The van der Waals surface area contributed by atoms with Gasteiger partial charge in [-0.25, -0.2) is 4.79 Å². The van der Waals surface area contributed by atoms with Crippen molar-refractivity contribution in [3.8, 4) is 5.75 Å². The molecule has 5 rings (SSSR count). The highest BCUT2D eigenvalue weighted by Gasteiger charge is 2.56. The summed E-state index contributed by atoms with van der Waals surface area (Å²) in [5.41, 5.74) is 9.08. The molecular weight excluding hydrogens is 737 g/mol. The average Bonchev–Trinajstić information content (AvgIpc) is 3.55. The molecule has 3 aliphatic rings. The molecule has 0 radical (unpaired) electrons. The number of nitrogens with one attached hydrogen (secondary N) is 5. The molecule has 0 saturated heterocycles. The first kappa shape index (κ1) is 44.5. The molecule has 0 heterocycles. The monoisotopic (exact) mass is 802 g/mol. The summed E-state index contributed by atoms with van der Waals surface area (Å²) in [5.74, 6) is 0.229. The van der Waals surface area contributed by atoms with E-state index in [-0.39, 0.29) is 49.8 Å². The summed E-state index contributed by atoms with van der Waals surface area (Å²) in [5, 5.41) is 24.1. The minimum absolute atomic E-state index is 0.00743. The SMILES string of the molecule is CCCCCNC(=O)CCC(=O)NC(Cc1ccccc1)C(=O)NC(CCCCN)C(=O)NCCNC(=O)OC1CCC2C3CCc4cc(O)ccc4C3CCC12C. The van der Waals surface area contributed by atoms with E-state index in [1.165, 1.54) is 11.1 Å². The first-order chi connectivity index (χ1) is 28.0. The van der Waals surface area contributed by atoms with E-state index in [2.05, 4.69) is 46.5 Å². The number of hydrogen-bond donors (Lipinski definition) is 7. The molecule has 0 spiro atoms. The molecule has 0 aromatic heterocycles. The number of aryl methyl sites for hydroxylation is 1. The Kier molecular flexibility index (Phi) is 16.8. The van der Waals surface area contributed by atoms with E-state index < -0.39 is 35.9 Å². The molecule has 8 N–H and O–H groups in total. The number of aromatic hydroxyl groups is 1. The van der Waals surface area contributed by atoms with Gasteiger partial charge in [-0.15, -0.1) is 0 Å². The largest absolute Gasteiger partial charge is 0.508 e. The van der Waals surface area contributed by atoms with Crippen LogP contribution < -0.4 is 32.3 Å². The van der Waals surface area contributed by atoms with Crippen LogP contribution in [0.1, 0.15) is 120 Å². The fourth-order valence-electron chi connectivity index (χ4n) is 9.64. The molecule has 2 fully saturated rings. The molecule has 2 aromatic rings. The van der Waals surface area contributed by atoms with Gasteiger partial charge in [-0.1, -0.05) is 63.1 Å². The standard InChI is InChI=1S/C45H66N6O7/c1-3-4-10-25-47-40(53)20-21-41(54)50-38(28-30-11-6-5-7-12-30)43(56)51-37(13-8-9-24-46)42(55)48-26-27-49-44(57)58-39-19-18-36-35-16-14-31-29-32(52)15-17-33(31)34(35)22-23-45(36,39)2/h5-7,11-12,15,17,29,34-39,52H,3-4,8-10,13-14,16,18-28,46H2,1-2H3,(H,47,53)(H,48,55)(H,49,57)(H,50,54)(H,51,56). The summed E-state index contributed by atoms with van der Waals surface area (Å²) in [4.78, 5) is 65.5. The number of unbranched alkanes of at least 4 members (excludes halogenated alkanes) is 3. The Morgan fingerprint density at radius 1 is 0.828 bits per heavy atom. The van der Waals surface area contributed by atoms with Crippen molar-refractivity contribution in [3.63, 3.8) is 0 Å². The van der Waals surface area contributed by atoms with E-state index in [0.717, 1.165) is 63.4 Å². The van der Waals surface area contributed by atoms with Gasteiger partial charge in [0.2, 0.25) is 23.6 Å². The lowest BCUT2D eigenvalue weighted by molar-refractivity contribution is -0.132. The van der Waals surface area contributed by atoms with E-state index in [0.29, 0.717) is 55.9 Å². The van der Waals surface area contributed by atoms with Crippen LogP contribution in [0.3, 0.4) is 0 Å². The summed E-state index contributed by atoms with van der Waals surface area (Å²) in [6.07, 6.45) is 9.85. The lowest BCUT2D eigenvalue weighted by atomic mass is 9.55. The maximum atomic E-state index is 13.7. The van der Waals surface area contributed by atoms with Gasteiger partial charge in [-0.05, 0) is 117 Å². The number of ether oxygens (including phenoxy) is 1. The number of phenolic OH excluding ortho intramolecular Hbond substituents is 1. The number of hydrogen-bond acceptors (Lipinski definition) is 8. The van der Waals surface area contributed by atoms with Gasteiger partial charge in [0.25, 0.3) is 0 Å². The molecular formula is C45H66N6O7. The van der Waals surface area contributed by atoms with Crippen molar-refractivity contribution in [1.29, 1.82) is 0 Å². The molecule has 0 bridgehead atoms. The number of phenols is 1. The molecule has 5 amide bonds. The fraction of sp³-hybridized carbons (Fsp3) is 0.622. The molecule has 13 heteroatoms. The first-order valence-electron chi connectivity index (χ1n) is 21.7. The molecule has 7 unspecified atom stereocenters. The zero-order valence-electron chi connectivity index (χ0n) is 34.5. The maximum Gasteiger partial charge on any atom is 0.407 e. The number of alkyl carbamates (subject to hydrolysis) is 1. The Morgan fingerprint density at radius 2 is 1.60 bits per heavy atom. The normalized spacial score (nSPS) is 22.9. The van der Waals surface area contributed by atoms with Gasteiger partial charge in [0.1, 0.15) is 23.9 Å². The van der Waals surface area contributed by atoms with Crippen LogP contribution in [0.25, 0.3) is 0 Å². The average molecular weight is 803 g/mol. The summed E-state index contributed by atoms with van der Waals surface area (Å²) < 4.78 is 6.06. The zero-order valence-corrected chi connectivity index (χ0v) is 34.5. The lowest BCUT2D eigenvalue weighted by Crippen LogP contribution is -2.55. The van der Waals surface area contributed by atoms with Gasteiger partial charge in [0.05, 0.1) is 0 Å². The Labute approximate surface area is 343 Å². The predicted molar refractivity (Wildman–Crippen MR) is 223 cm³/mol. The number of amides is 5. The lowest BCUT2D eigenvalue weighted by Gasteiger charge is -2.50. The van der Waals surface area contributed by atoms with E-state index in [1.54, 1.807) is 6.07 Å². The predicted octanol–water partition coefficient (Wildman–Crippen LogP) is 4.89. The summed E-state index contributed by atoms with van der Waals surface area (Å²) >= 11 is 0. The second kappa shape index (κ2) is 21.9. The van der Waals surface area contributed by atoms with Crippen molar-refractivity contribution in [3.05, 3.63) is 65.2 Å². The molecule has 58 heavy (non-hydrogen) atoms. The minimum atomic E-state index is -0.973. The van der Waals surface area contributed by atoms with Crippen LogP contribution in [0.2, 0.25) is 0 Å². The number of nitrogens with two attached hydrogens (primary N) is 1. The van der Waals surface area contributed by atoms with Gasteiger partial charge < -0.3 is 42.2 Å². The van der Waals surface area contributed by atoms with Crippen molar-refractivity contribution in [1.82, 2.24) is 26.6 Å². The van der Waals surface area contributed by atoms with Crippen LogP contribution in [0.15, 0.2) is 48.5 Å². The van der Waals surface area contributed by atoms with Crippen molar-refractivity contribution < 1.29 is 33.8 Å². The van der Waals surface area contributed by atoms with Crippen LogP contribution in [-0.2, 0) is 36.8 Å². The number of carbonyl (C=O) groups is 5. The Hall–Kier alpha value is -4.65. The highest BCUT2D eigenvalue weighted by molar-refractivity contribution is 5.93. The Balaban J connectivity index is 1.10. The summed E-state index contributed by atoms with van der Waals surface area (Å²) in [7, 11) is 0. The van der Waals surface area contributed by atoms with Gasteiger partial charge in [-0.2, -0.15) is 0 Å². The highest BCUT2D eigenvalue weighted by atomic mass is 16.6. The summed E-state index contributed by atoms with van der Waals surface area (Å²) in [6.45, 7) is 5.64.